The van der Waals surface area contributed by atoms with Crippen molar-refractivity contribution in [2.24, 2.45) is 5.41 Å². The van der Waals surface area contributed by atoms with Gasteiger partial charge in [0, 0.05) is 50.8 Å². The van der Waals surface area contributed by atoms with Gasteiger partial charge in [-0.25, -0.2) is 8.42 Å². The van der Waals surface area contributed by atoms with Crippen LogP contribution in [-0.2, 0) is 24.2 Å². The number of carbonyl (C=O) groups excluding carboxylic acids is 2. The molecule has 0 aromatic carbocycles. The summed E-state index contributed by atoms with van der Waals surface area (Å²) in [6, 6.07) is -0.250. The molecular formula is C20H35N3O5S. The van der Waals surface area contributed by atoms with E-state index in [1.807, 2.05) is 25.7 Å². The van der Waals surface area contributed by atoms with E-state index < -0.39 is 15.3 Å². The van der Waals surface area contributed by atoms with Gasteiger partial charge in [0.15, 0.2) is 9.84 Å². The maximum atomic E-state index is 13.1. The van der Waals surface area contributed by atoms with Crippen LogP contribution in [0.5, 0.6) is 0 Å². The molecule has 0 aliphatic carbocycles. The van der Waals surface area contributed by atoms with Gasteiger partial charge in [-0.15, -0.1) is 0 Å². The Morgan fingerprint density at radius 1 is 1.10 bits per heavy atom. The van der Waals surface area contributed by atoms with Gasteiger partial charge < -0.3 is 14.5 Å². The summed E-state index contributed by atoms with van der Waals surface area (Å²) in [6.45, 7) is 9.76. The first-order valence-electron chi connectivity index (χ1n) is 10.7. The van der Waals surface area contributed by atoms with E-state index in [0.29, 0.717) is 45.8 Å². The number of piperazine rings is 1. The fourth-order valence-corrected chi connectivity index (χ4v) is 6.08. The maximum Gasteiger partial charge on any atom is 0.237 e. The predicted molar refractivity (Wildman–Crippen MR) is 110 cm³/mol. The lowest BCUT2D eigenvalue weighted by atomic mass is 9.94. The highest BCUT2D eigenvalue weighted by Gasteiger charge is 2.37. The van der Waals surface area contributed by atoms with Crippen LogP contribution in [0, 0.1) is 5.41 Å². The molecule has 0 saturated carbocycles. The fraction of sp³-hybridized carbons (Fsp3) is 0.900. The minimum atomic E-state index is -3.06. The standard InChI is InChI=1S/C20H35N3O5S/c1-20(2,3)19(25)22-9-7-21(8-10-22)14-18(24)23(13-17-5-4-11-28-17)16-6-12-29(26,27)15-16/h16-17H,4-15H2,1-3H3. The Hall–Kier alpha value is -1.19. The minimum absolute atomic E-state index is 0.00325. The van der Waals surface area contributed by atoms with Crippen molar-refractivity contribution < 1.29 is 22.7 Å². The summed E-state index contributed by atoms with van der Waals surface area (Å²) in [6.07, 6.45) is 2.41. The Balaban J connectivity index is 1.58. The zero-order valence-electron chi connectivity index (χ0n) is 17.9. The molecule has 29 heavy (non-hydrogen) atoms. The molecule has 3 aliphatic heterocycles. The molecule has 0 N–H and O–H groups in total. The second kappa shape index (κ2) is 8.89. The molecule has 2 atom stereocenters. The predicted octanol–water partition coefficient (Wildman–Crippen LogP) is 0.371. The quantitative estimate of drug-likeness (QED) is 0.628. The third kappa shape index (κ3) is 5.92. The third-order valence-corrected chi connectivity index (χ3v) is 7.80. The van der Waals surface area contributed by atoms with Crippen LogP contribution in [0.3, 0.4) is 0 Å². The molecule has 0 aromatic rings. The number of carbonyl (C=O) groups is 2. The third-order valence-electron chi connectivity index (χ3n) is 6.05. The maximum absolute atomic E-state index is 13.1. The Labute approximate surface area is 174 Å². The topological polar surface area (TPSA) is 87.2 Å². The van der Waals surface area contributed by atoms with E-state index in [0.717, 1.165) is 12.8 Å². The summed E-state index contributed by atoms with van der Waals surface area (Å²) in [5.41, 5.74) is -0.399. The van der Waals surface area contributed by atoms with Crippen molar-refractivity contribution in [1.82, 2.24) is 14.7 Å². The first-order valence-corrected chi connectivity index (χ1v) is 12.5. The van der Waals surface area contributed by atoms with E-state index in [4.69, 9.17) is 4.74 Å². The van der Waals surface area contributed by atoms with Gasteiger partial charge in [0.25, 0.3) is 0 Å². The smallest absolute Gasteiger partial charge is 0.237 e. The zero-order valence-corrected chi connectivity index (χ0v) is 18.7. The van der Waals surface area contributed by atoms with Gasteiger partial charge in [-0.3, -0.25) is 14.5 Å². The van der Waals surface area contributed by atoms with Crippen LogP contribution < -0.4 is 0 Å². The van der Waals surface area contributed by atoms with Crippen molar-refractivity contribution >= 4 is 21.7 Å². The monoisotopic (exact) mass is 429 g/mol. The normalized spacial score (nSPS) is 27.9. The van der Waals surface area contributed by atoms with Gasteiger partial charge in [-0.1, -0.05) is 20.8 Å². The molecule has 0 radical (unpaired) electrons. The second-order valence-corrected chi connectivity index (χ2v) is 11.8. The van der Waals surface area contributed by atoms with E-state index in [1.54, 1.807) is 4.90 Å². The lowest BCUT2D eigenvalue weighted by Crippen LogP contribution is -2.55. The van der Waals surface area contributed by atoms with Crippen molar-refractivity contribution in [3.63, 3.8) is 0 Å². The van der Waals surface area contributed by atoms with Crippen molar-refractivity contribution in [2.75, 3.05) is 57.4 Å². The van der Waals surface area contributed by atoms with Gasteiger partial charge in [-0.05, 0) is 19.3 Å². The molecule has 9 heteroatoms. The van der Waals surface area contributed by atoms with Gasteiger partial charge in [-0.2, -0.15) is 0 Å². The largest absolute Gasteiger partial charge is 0.376 e. The van der Waals surface area contributed by atoms with E-state index in [1.165, 1.54) is 0 Å². The summed E-state index contributed by atoms with van der Waals surface area (Å²) < 4.78 is 29.6. The molecule has 3 aliphatic rings. The van der Waals surface area contributed by atoms with Gasteiger partial charge >= 0.3 is 0 Å². The zero-order chi connectivity index (χ0) is 21.2. The summed E-state index contributed by atoms with van der Waals surface area (Å²) in [7, 11) is -3.06. The molecule has 2 unspecified atom stereocenters. The molecule has 0 bridgehead atoms. The van der Waals surface area contributed by atoms with Crippen LogP contribution in [-0.4, -0.2) is 104 Å². The van der Waals surface area contributed by atoms with E-state index in [2.05, 4.69) is 4.90 Å². The van der Waals surface area contributed by atoms with Crippen molar-refractivity contribution in [3.8, 4) is 0 Å². The van der Waals surface area contributed by atoms with Crippen LogP contribution in [0.1, 0.15) is 40.0 Å². The number of rotatable bonds is 5. The number of hydrogen-bond acceptors (Lipinski definition) is 6. The highest BCUT2D eigenvalue weighted by atomic mass is 32.2. The van der Waals surface area contributed by atoms with Crippen LogP contribution in [0.15, 0.2) is 0 Å². The Morgan fingerprint density at radius 3 is 2.31 bits per heavy atom. The highest BCUT2D eigenvalue weighted by Crippen LogP contribution is 2.22. The molecule has 8 nitrogen and oxygen atoms in total. The molecule has 0 aromatic heterocycles. The van der Waals surface area contributed by atoms with Crippen LogP contribution in [0.4, 0.5) is 0 Å². The minimum Gasteiger partial charge on any atom is -0.376 e. The molecular weight excluding hydrogens is 394 g/mol. The van der Waals surface area contributed by atoms with Crippen molar-refractivity contribution in [2.45, 2.75) is 52.2 Å². The number of nitrogens with zero attached hydrogens (tertiary/aromatic N) is 3. The lowest BCUT2D eigenvalue weighted by Gasteiger charge is -2.38. The molecule has 3 heterocycles. The molecule has 166 valence electrons. The first kappa shape index (κ1) is 22.5. The molecule has 0 spiro atoms. The average molecular weight is 430 g/mol. The van der Waals surface area contributed by atoms with E-state index in [9.17, 15) is 18.0 Å². The van der Waals surface area contributed by atoms with Crippen LogP contribution in [0.25, 0.3) is 0 Å². The van der Waals surface area contributed by atoms with Crippen molar-refractivity contribution in [3.05, 3.63) is 0 Å². The fourth-order valence-electron chi connectivity index (χ4n) is 4.35. The Morgan fingerprint density at radius 2 is 1.79 bits per heavy atom. The van der Waals surface area contributed by atoms with Gasteiger partial charge in [0.2, 0.25) is 11.8 Å². The molecule has 3 rings (SSSR count). The average Bonchev–Trinajstić information content (AvgIpc) is 3.28. The number of amides is 2. The van der Waals surface area contributed by atoms with E-state index in [-0.39, 0.29) is 42.0 Å². The molecule has 3 fully saturated rings. The summed E-state index contributed by atoms with van der Waals surface area (Å²) in [5, 5.41) is 0. The van der Waals surface area contributed by atoms with Crippen LogP contribution >= 0.6 is 0 Å². The number of hydrogen-bond donors (Lipinski definition) is 0. The number of sulfone groups is 1. The first-order chi connectivity index (χ1) is 13.5. The highest BCUT2D eigenvalue weighted by molar-refractivity contribution is 7.91. The molecule has 3 saturated heterocycles. The van der Waals surface area contributed by atoms with Gasteiger partial charge in [0.1, 0.15) is 0 Å². The lowest BCUT2D eigenvalue weighted by molar-refractivity contribution is -0.142. The van der Waals surface area contributed by atoms with Gasteiger partial charge in [0.05, 0.1) is 24.2 Å². The number of ether oxygens (including phenoxy) is 1. The Kier molecular flexibility index (Phi) is 6.90. The molecule has 2 amide bonds. The van der Waals surface area contributed by atoms with Crippen LogP contribution in [0.2, 0.25) is 0 Å². The Bertz CT molecular complexity index is 704. The van der Waals surface area contributed by atoms with Crippen molar-refractivity contribution in [1.29, 1.82) is 0 Å². The summed E-state index contributed by atoms with van der Waals surface area (Å²) in [4.78, 5) is 31.3. The second-order valence-electron chi connectivity index (χ2n) is 9.56. The van der Waals surface area contributed by atoms with E-state index >= 15 is 0 Å². The SMILES string of the molecule is CC(C)(C)C(=O)N1CCN(CC(=O)N(CC2CCCO2)C2CCS(=O)(=O)C2)CC1. The summed E-state index contributed by atoms with van der Waals surface area (Å²) >= 11 is 0. The summed E-state index contributed by atoms with van der Waals surface area (Å²) in [5.74, 6) is 0.317.